The van der Waals surface area contributed by atoms with Gasteiger partial charge in [-0.2, -0.15) is 0 Å². The van der Waals surface area contributed by atoms with Crippen LogP contribution in [0.15, 0.2) is 35.2 Å². The molecule has 0 radical (unpaired) electrons. The van der Waals surface area contributed by atoms with E-state index in [4.69, 9.17) is 0 Å². The molecule has 0 N–H and O–H groups in total. The van der Waals surface area contributed by atoms with Crippen LogP contribution in [0.4, 0.5) is 0 Å². The molecule has 3 rings (SSSR count). The van der Waals surface area contributed by atoms with Crippen molar-refractivity contribution in [3.05, 3.63) is 52.0 Å². The Hall–Kier alpha value is -2.01. The van der Waals surface area contributed by atoms with Gasteiger partial charge in [-0.1, -0.05) is 12.1 Å². The fraction of sp³-hybridized carbons (Fsp3) is 0.0833. The largest absolute Gasteiger partial charge is 0.269 e. The van der Waals surface area contributed by atoms with Crippen LogP contribution in [-0.4, -0.2) is 21.7 Å². The van der Waals surface area contributed by atoms with Crippen molar-refractivity contribution in [1.82, 2.24) is 9.88 Å². The molecule has 0 spiro atoms. The SMILES string of the molecule is O=C1c2ccccc2C(=O)N1Cc1cscn1. The lowest BCUT2D eigenvalue weighted by atomic mass is 10.1. The lowest BCUT2D eigenvalue weighted by molar-refractivity contribution is 0.0640. The molecule has 17 heavy (non-hydrogen) atoms. The van der Waals surface area contributed by atoms with Crippen LogP contribution in [-0.2, 0) is 6.54 Å². The molecule has 4 nitrogen and oxygen atoms in total. The van der Waals surface area contributed by atoms with Gasteiger partial charge in [-0.05, 0) is 12.1 Å². The highest BCUT2D eigenvalue weighted by Crippen LogP contribution is 2.23. The van der Waals surface area contributed by atoms with E-state index in [9.17, 15) is 9.59 Å². The third-order valence-corrected chi connectivity index (χ3v) is 3.32. The number of carbonyl (C=O) groups is 2. The summed E-state index contributed by atoms with van der Waals surface area (Å²) in [6.07, 6.45) is 0. The quantitative estimate of drug-likeness (QED) is 0.758. The molecular weight excluding hydrogens is 236 g/mol. The number of imide groups is 1. The molecule has 0 aliphatic carbocycles. The van der Waals surface area contributed by atoms with Gasteiger partial charge in [-0.25, -0.2) is 4.98 Å². The Morgan fingerprint density at radius 1 is 1.12 bits per heavy atom. The zero-order valence-electron chi connectivity index (χ0n) is 8.79. The molecule has 1 aliphatic rings. The molecule has 0 atom stereocenters. The second kappa shape index (κ2) is 3.78. The molecule has 2 aromatic rings. The third kappa shape index (κ3) is 1.55. The molecule has 84 valence electrons. The summed E-state index contributed by atoms with van der Waals surface area (Å²) in [6.45, 7) is 0.246. The van der Waals surface area contributed by atoms with Crippen LogP contribution in [0.1, 0.15) is 26.4 Å². The molecule has 1 aromatic heterocycles. The van der Waals surface area contributed by atoms with E-state index >= 15 is 0 Å². The number of carbonyl (C=O) groups excluding carboxylic acids is 2. The molecule has 5 heteroatoms. The number of amides is 2. The van der Waals surface area contributed by atoms with Gasteiger partial charge in [0.1, 0.15) is 0 Å². The zero-order chi connectivity index (χ0) is 11.8. The van der Waals surface area contributed by atoms with Crippen LogP contribution >= 0.6 is 11.3 Å². The Morgan fingerprint density at radius 2 is 1.76 bits per heavy atom. The van der Waals surface area contributed by atoms with E-state index in [1.807, 2.05) is 5.38 Å². The minimum absolute atomic E-state index is 0.237. The number of nitrogens with zero attached hydrogens (tertiary/aromatic N) is 2. The van der Waals surface area contributed by atoms with Crippen molar-refractivity contribution in [3.8, 4) is 0 Å². The van der Waals surface area contributed by atoms with E-state index in [0.717, 1.165) is 5.69 Å². The molecule has 0 saturated heterocycles. The number of rotatable bonds is 2. The molecule has 0 fully saturated rings. The molecule has 2 amide bonds. The lowest BCUT2D eigenvalue weighted by Crippen LogP contribution is -2.29. The minimum Gasteiger partial charge on any atom is -0.269 e. The van der Waals surface area contributed by atoms with Crippen LogP contribution < -0.4 is 0 Å². The first-order valence-electron chi connectivity index (χ1n) is 5.09. The van der Waals surface area contributed by atoms with Crippen molar-refractivity contribution in [2.24, 2.45) is 0 Å². The van der Waals surface area contributed by atoms with Crippen molar-refractivity contribution in [2.75, 3.05) is 0 Å². The standard InChI is InChI=1S/C12H8N2O2S/c15-11-9-3-1-2-4-10(9)12(16)14(11)5-8-6-17-7-13-8/h1-4,6-7H,5H2. The summed E-state index contributed by atoms with van der Waals surface area (Å²) < 4.78 is 0. The maximum Gasteiger partial charge on any atom is 0.261 e. The minimum atomic E-state index is -0.237. The Labute approximate surface area is 102 Å². The van der Waals surface area contributed by atoms with Crippen molar-refractivity contribution < 1.29 is 9.59 Å². The van der Waals surface area contributed by atoms with E-state index in [1.54, 1.807) is 29.8 Å². The second-order valence-corrected chi connectivity index (χ2v) is 4.44. The maximum atomic E-state index is 12.0. The Bertz CT molecular complexity index is 557. The normalized spacial score (nSPS) is 14.2. The van der Waals surface area contributed by atoms with Crippen LogP contribution in [0.5, 0.6) is 0 Å². The zero-order valence-corrected chi connectivity index (χ0v) is 9.61. The summed E-state index contributed by atoms with van der Waals surface area (Å²) >= 11 is 1.45. The average Bonchev–Trinajstić information content (AvgIpc) is 2.94. The predicted octanol–water partition coefficient (Wildman–Crippen LogP) is 1.94. The average molecular weight is 244 g/mol. The molecule has 1 aromatic carbocycles. The molecule has 2 heterocycles. The first-order valence-corrected chi connectivity index (χ1v) is 6.04. The molecule has 0 saturated carbocycles. The molecule has 1 aliphatic heterocycles. The van der Waals surface area contributed by atoms with Crippen LogP contribution in [0, 0.1) is 0 Å². The number of hydrogen-bond donors (Lipinski definition) is 0. The van der Waals surface area contributed by atoms with E-state index in [-0.39, 0.29) is 18.4 Å². The van der Waals surface area contributed by atoms with Gasteiger partial charge < -0.3 is 0 Å². The number of fused-ring (bicyclic) bond motifs is 1. The first-order chi connectivity index (χ1) is 8.27. The van der Waals surface area contributed by atoms with Crippen LogP contribution in [0.25, 0.3) is 0 Å². The highest BCUT2D eigenvalue weighted by Gasteiger charge is 2.35. The maximum absolute atomic E-state index is 12.0. The van der Waals surface area contributed by atoms with Gasteiger partial charge >= 0.3 is 0 Å². The van der Waals surface area contributed by atoms with Crippen LogP contribution in [0.2, 0.25) is 0 Å². The van der Waals surface area contributed by atoms with Gasteiger partial charge in [-0.15, -0.1) is 11.3 Å². The van der Waals surface area contributed by atoms with Crippen LogP contribution in [0.3, 0.4) is 0 Å². The van der Waals surface area contributed by atoms with E-state index in [2.05, 4.69) is 4.98 Å². The monoisotopic (exact) mass is 244 g/mol. The number of aromatic nitrogens is 1. The lowest BCUT2D eigenvalue weighted by Gasteiger charge is -2.11. The molecular formula is C12H8N2O2S. The smallest absolute Gasteiger partial charge is 0.261 e. The van der Waals surface area contributed by atoms with E-state index in [1.165, 1.54) is 16.2 Å². The topological polar surface area (TPSA) is 50.3 Å². The number of benzene rings is 1. The number of hydrogen-bond acceptors (Lipinski definition) is 4. The Kier molecular flexibility index (Phi) is 2.26. The summed E-state index contributed by atoms with van der Waals surface area (Å²) in [5.41, 5.74) is 3.39. The van der Waals surface area contributed by atoms with Crippen molar-refractivity contribution in [3.63, 3.8) is 0 Å². The van der Waals surface area contributed by atoms with Gasteiger partial charge in [0.25, 0.3) is 11.8 Å². The summed E-state index contributed by atoms with van der Waals surface area (Å²) in [6, 6.07) is 6.87. The highest BCUT2D eigenvalue weighted by atomic mass is 32.1. The van der Waals surface area contributed by atoms with Gasteiger partial charge in [0.05, 0.1) is 28.9 Å². The van der Waals surface area contributed by atoms with Gasteiger partial charge in [0, 0.05) is 5.38 Å². The fourth-order valence-electron chi connectivity index (χ4n) is 1.86. The number of thiazole rings is 1. The second-order valence-electron chi connectivity index (χ2n) is 3.72. The first kappa shape index (κ1) is 10.2. The summed E-state index contributed by atoms with van der Waals surface area (Å²) in [5, 5.41) is 1.84. The van der Waals surface area contributed by atoms with Gasteiger partial charge in [0.2, 0.25) is 0 Å². The highest BCUT2D eigenvalue weighted by molar-refractivity contribution is 7.07. The molecule has 0 bridgehead atoms. The molecule has 0 unspecified atom stereocenters. The van der Waals surface area contributed by atoms with E-state index < -0.39 is 0 Å². The summed E-state index contributed by atoms with van der Waals surface area (Å²) in [7, 11) is 0. The fourth-order valence-corrected chi connectivity index (χ4v) is 2.41. The Morgan fingerprint density at radius 3 is 2.29 bits per heavy atom. The van der Waals surface area contributed by atoms with Crippen molar-refractivity contribution >= 4 is 23.2 Å². The van der Waals surface area contributed by atoms with Crippen molar-refractivity contribution in [1.29, 1.82) is 0 Å². The van der Waals surface area contributed by atoms with Gasteiger partial charge in [0.15, 0.2) is 0 Å². The van der Waals surface area contributed by atoms with Gasteiger partial charge in [-0.3, -0.25) is 14.5 Å². The van der Waals surface area contributed by atoms with Crippen molar-refractivity contribution in [2.45, 2.75) is 6.54 Å². The predicted molar refractivity (Wildman–Crippen MR) is 62.8 cm³/mol. The van der Waals surface area contributed by atoms with E-state index in [0.29, 0.717) is 11.1 Å². The summed E-state index contributed by atoms with van der Waals surface area (Å²) in [5.74, 6) is -0.475. The Balaban J connectivity index is 1.95. The third-order valence-electron chi connectivity index (χ3n) is 2.68. The summed E-state index contributed by atoms with van der Waals surface area (Å²) in [4.78, 5) is 29.3.